The lowest BCUT2D eigenvalue weighted by Crippen LogP contribution is -1.93. The van der Waals surface area contributed by atoms with Crippen LogP contribution in [0.1, 0.15) is 5.56 Å². The van der Waals surface area contributed by atoms with Gasteiger partial charge in [0.15, 0.2) is 5.13 Å². The quantitative estimate of drug-likeness (QED) is 0.632. The Balaban J connectivity index is 2.19. The Morgan fingerprint density at radius 2 is 2.40 bits per heavy atom. The van der Waals surface area contributed by atoms with E-state index in [4.69, 9.17) is 11.0 Å². The second-order valence-corrected chi connectivity index (χ2v) is 4.11. The Morgan fingerprint density at radius 3 is 3.20 bits per heavy atom. The van der Waals surface area contributed by atoms with Gasteiger partial charge in [0.05, 0.1) is 10.2 Å². The predicted octanol–water partition coefficient (Wildman–Crippen LogP) is 1.92. The van der Waals surface area contributed by atoms with Crippen LogP contribution in [0.2, 0.25) is 0 Å². The summed E-state index contributed by atoms with van der Waals surface area (Å²) in [4.78, 5) is 4.16. The number of ether oxygens (including phenoxy) is 1. The molecule has 2 rings (SSSR count). The number of thiazole rings is 1. The molecule has 1 aromatic heterocycles. The molecule has 2 N–H and O–H groups in total. The molecule has 0 saturated heterocycles. The van der Waals surface area contributed by atoms with Crippen molar-refractivity contribution in [2.45, 2.75) is 6.42 Å². The fourth-order valence-corrected chi connectivity index (χ4v) is 2.15. The maximum absolute atomic E-state index is 8.22. The van der Waals surface area contributed by atoms with E-state index in [0.29, 0.717) is 11.7 Å². The predicted molar refractivity (Wildman–Crippen MR) is 59.3 cm³/mol. The average molecular weight is 219 g/mol. The van der Waals surface area contributed by atoms with Crippen LogP contribution in [0.4, 0.5) is 5.13 Å². The molecule has 0 amide bonds. The summed E-state index contributed by atoms with van der Waals surface area (Å²) in [7, 11) is 0. The molecule has 0 aliphatic carbocycles. The summed E-state index contributed by atoms with van der Waals surface area (Å²) in [6.07, 6.45) is 2.37. The van der Waals surface area contributed by atoms with Crippen molar-refractivity contribution in [3.63, 3.8) is 0 Å². The van der Waals surface area contributed by atoms with Gasteiger partial charge in [0.2, 0.25) is 0 Å². The van der Waals surface area contributed by atoms with Crippen LogP contribution in [0.15, 0.2) is 18.2 Å². The SMILES string of the molecule is N#COCCc1ccc2nc(N)sc2c1. The molecule has 76 valence electrons. The van der Waals surface area contributed by atoms with Gasteiger partial charge in [-0.25, -0.2) is 4.98 Å². The summed E-state index contributed by atoms with van der Waals surface area (Å²) in [6.45, 7) is 0.413. The van der Waals surface area contributed by atoms with Crippen molar-refractivity contribution in [1.82, 2.24) is 4.98 Å². The number of nitrogens with two attached hydrogens (primary N) is 1. The highest BCUT2D eigenvalue weighted by molar-refractivity contribution is 7.22. The minimum absolute atomic E-state index is 0.413. The zero-order valence-corrected chi connectivity index (χ0v) is 8.75. The molecule has 2 aromatic rings. The van der Waals surface area contributed by atoms with Gasteiger partial charge in [-0.3, -0.25) is 0 Å². The van der Waals surface area contributed by atoms with E-state index in [1.807, 2.05) is 18.2 Å². The second kappa shape index (κ2) is 4.15. The van der Waals surface area contributed by atoms with Crippen molar-refractivity contribution >= 4 is 26.7 Å². The first-order chi connectivity index (χ1) is 7.29. The number of nitriles is 1. The highest BCUT2D eigenvalue weighted by Gasteiger charge is 2.02. The number of hydrogen-bond acceptors (Lipinski definition) is 5. The topological polar surface area (TPSA) is 71.9 Å². The van der Waals surface area contributed by atoms with Crippen LogP contribution in [0.25, 0.3) is 10.2 Å². The van der Waals surface area contributed by atoms with E-state index in [2.05, 4.69) is 9.72 Å². The minimum atomic E-state index is 0.413. The number of anilines is 1. The third-order valence-corrected chi connectivity index (χ3v) is 2.87. The summed E-state index contributed by atoms with van der Waals surface area (Å²) in [6, 6.07) is 5.94. The summed E-state index contributed by atoms with van der Waals surface area (Å²) in [5.41, 5.74) is 7.65. The third kappa shape index (κ3) is 2.17. The molecule has 0 spiro atoms. The lowest BCUT2D eigenvalue weighted by atomic mass is 10.1. The molecule has 0 aliphatic heterocycles. The highest BCUT2D eigenvalue weighted by atomic mass is 32.1. The zero-order chi connectivity index (χ0) is 10.7. The Kier molecular flexibility index (Phi) is 2.70. The van der Waals surface area contributed by atoms with Gasteiger partial charge in [0.25, 0.3) is 6.26 Å². The van der Waals surface area contributed by atoms with E-state index < -0.39 is 0 Å². The summed E-state index contributed by atoms with van der Waals surface area (Å²) in [5.74, 6) is 0. The molecule has 4 nitrogen and oxygen atoms in total. The number of nitrogen functional groups attached to an aromatic ring is 1. The molecular weight excluding hydrogens is 210 g/mol. The number of aromatic nitrogens is 1. The van der Waals surface area contributed by atoms with Crippen LogP contribution in [0.3, 0.4) is 0 Å². The lowest BCUT2D eigenvalue weighted by molar-refractivity contribution is 0.275. The molecule has 0 unspecified atom stereocenters. The standard InChI is InChI=1S/C10H9N3OS/c11-6-14-4-3-7-1-2-8-9(5-7)15-10(12)13-8/h1-2,5H,3-4H2,(H2,12,13). The van der Waals surface area contributed by atoms with E-state index in [1.54, 1.807) is 6.26 Å². The minimum Gasteiger partial charge on any atom is -0.427 e. The Hall–Kier alpha value is -1.80. The maximum atomic E-state index is 8.22. The Morgan fingerprint density at radius 1 is 1.53 bits per heavy atom. The number of nitrogens with zero attached hydrogens (tertiary/aromatic N) is 2. The van der Waals surface area contributed by atoms with Gasteiger partial charge in [0, 0.05) is 6.42 Å². The van der Waals surface area contributed by atoms with E-state index in [-0.39, 0.29) is 0 Å². The van der Waals surface area contributed by atoms with Crippen LogP contribution < -0.4 is 5.73 Å². The molecule has 0 radical (unpaired) electrons. The van der Waals surface area contributed by atoms with E-state index in [9.17, 15) is 0 Å². The summed E-state index contributed by atoms with van der Waals surface area (Å²) < 4.78 is 5.69. The van der Waals surface area contributed by atoms with Gasteiger partial charge in [-0.05, 0) is 17.7 Å². The molecule has 0 atom stereocenters. The smallest absolute Gasteiger partial charge is 0.286 e. The van der Waals surface area contributed by atoms with E-state index >= 15 is 0 Å². The maximum Gasteiger partial charge on any atom is 0.286 e. The van der Waals surface area contributed by atoms with E-state index in [0.717, 1.165) is 22.2 Å². The van der Waals surface area contributed by atoms with Gasteiger partial charge >= 0.3 is 0 Å². The van der Waals surface area contributed by atoms with Crippen LogP contribution in [0.5, 0.6) is 0 Å². The van der Waals surface area contributed by atoms with Crippen molar-refractivity contribution in [3.8, 4) is 6.26 Å². The molecule has 0 bridgehead atoms. The second-order valence-electron chi connectivity index (χ2n) is 3.04. The van der Waals surface area contributed by atoms with E-state index in [1.165, 1.54) is 11.3 Å². The van der Waals surface area contributed by atoms with Crippen molar-refractivity contribution in [1.29, 1.82) is 5.26 Å². The van der Waals surface area contributed by atoms with Crippen molar-refractivity contribution < 1.29 is 4.74 Å². The van der Waals surface area contributed by atoms with Crippen molar-refractivity contribution in [2.24, 2.45) is 0 Å². The molecule has 1 heterocycles. The fraction of sp³-hybridized carbons (Fsp3) is 0.200. The van der Waals surface area contributed by atoms with Gasteiger partial charge in [-0.15, -0.1) is 0 Å². The van der Waals surface area contributed by atoms with Gasteiger partial charge in [-0.2, -0.15) is 5.26 Å². The number of hydrogen-bond donors (Lipinski definition) is 1. The Labute approximate surface area is 90.9 Å². The number of rotatable bonds is 3. The van der Waals surface area contributed by atoms with Crippen LogP contribution in [0, 0.1) is 11.5 Å². The fourth-order valence-electron chi connectivity index (χ4n) is 1.36. The third-order valence-electron chi connectivity index (χ3n) is 2.03. The first kappa shape index (κ1) is 9.74. The molecule has 5 heteroatoms. The lowest BCUT2D eigenvalue weighted by Gasteiger charge is -1.98. The monoisotopic (exact) mass is 219 g/mol. The number of benzene rings is 1. The zero-order valence-electron chi connectivity index (χ0n) is 7.93. The summed E-state index contributed by atoms with van der Waals surface area (Å²) in [5, 5.41) is 8.80. The van der Waals surface area contributed by atoms with Crippen LogP contribution in [-0.2, 0) is 11.2 Å². The first-order valence-electron chi connectivity index (χ1n) is 4.45. The summed E-state index contributed by atoms with van der Waals surface area (Å²) >= 11 is 1.47. The molecule has 1 aromatic carbocycles. The molecular formula is C10H9N3OS. The van der Waals surface area contributed by atoms with Gasteiger partial charge in [-0.1, -0.05) is 17.4 Å². The Bertz CT molecular complexity index is 515. The number of fused-ring (bicyclic) bond motifs is 1. The van der Waals surface area contributed by atoms with Crippen LogP contribution >= 0.6 is 11.3 Å². The largest absolute Gasteiger partial charge is 0.427 e. The van der Waals surface area contributed by atoms with Crippen molar-refractivity contribution in [3.05, 3.63) is 23.8 Å². The van der Waals surface area contributed by atoms with Crippen LogP contribution in [-0.4, -0.2) is 11.6 Å². The molecule has 0 fully saturated rings. The molecule has 15 heavy (non-hydrogen) atoms. The first-order valence-corrected chi connectivity index (χ1v) is 5.27. The van der Waals surface area contributed by atoms with Gasteiger partial charge < -0.3 is 10.5 Å². The average Bonchev–Trinajstić information content (AvgIpc) is 2.57. The highest BCUT2D eigenvalue weighted by Crippen LogP contribution is 2.24. The van der Waals surface area contributed by atoms with Gasteiger partial charge in [0.1, 0.15) is 6.61 Å². The normalized spacial score (nSPS) is 10.1. The van der Waals surface area contributed by atoms with Crippen molar-refractivity contribution in [2.75, 3.05) is 12.3 Å². The molecule has 0 saturated carbocycles. The molecule has 0 aliphatic rings.